The summed E-state index contributed by atoms with van der Waals surface area (Å²) in [5.41, 5.74) is 1.71. The number of rotatable bonds is 5. The van der Waals surface area contributed by atoms with Crippen molar-refractivity contribution in [2.24, 2.45) is 0 Å². The molecule has 0 saturated heterocycles. The van der Waals surface area contributed by atoms with E-state index in [0.29, 0.717) is 12.1 Å². The second kappa shape index (κ2) is 6.56. The number of nitrogens with zero attached hydrogens (tertiary/aromatic N) is 1. The Morgan fingerprint density at radius 1 is 1.19 bits per heavy atom. The highest BCUT2D eigenvalue weighted by Crippen LogP contribution is 2.36. The monoisotopic (exact) mass is 318 g/mol. The Labute approximate surface area is 131 Å². The van der Waals surface area contributed by atoms with E-state index in [9.17, 15) is 4.39 Å². The lowest BCUT2D eigenvalue weighted by Gasteiger charge is -2.09. The van der Waals surface area contributed by atoms with Gasteiger partial charge in [-0.05, 0) is 30.8 Å². The first kappa shape index (κ1) is 14.5. The second-order valence-corrected chi connectivity index (χ2v) is 6.87. The van der Waals surface area contributed by atoms with Crippen LogP contribution in [0.1, 0.15) is 12.5 Å². The zero-order valence-corrected chi connectivity index (χ0v) is 13.2. The first-order valence-corrected chi connectivity index (χ1v) is 8.42. The Balaban J connectivity index is 1.91. The van der Waals surface area contributed by atoms with Crippen molar-refractivity contribution in [3.63, 3.8) is 0 Å². The van der Waals surface area contributed by atoms with Crippen LogP contribution in [-0.4, -0.2) is 11.5 Å². The average Bonchev–Trinajstić information content (AvgIpc) is 2.89. The Morgan fingerprint density at radius 3 is 2.86 bits per heavy atom. The Bertz CT molecular complexity index is 722. The zero-order chi connectivity index (χ0) is 14.7. The molecule has 0 atom stereocenters. The maximum Gasteiger partial charge on any atom is 0.155 e. The van der Waals surface area contributed by atoms with Crippen LogP contribution >= 0.6 is 23.1 Å². The molecule has 0 saturated carbocycles. The van der Waals surface area contributed by atoms with Gasteiger partial charge in [-0.1, -0.05) is 36.9 Å². The fraction of sp³-hybridized carbons (Fsp3) is 0.188. The maximum absolute atomic E-state index is 14.0. The minimum Gasteiger partial charge on any atom is -0.313 e. The van der Waals surface area contributed by atoms with E-state index in [0.717, 1.165) is 26.0 Å². The number of hydrogen-bond donors (Lipinski definition) is 1. The standard InChI is InChI=1S/C16H15FN2S2/c1-2-18-10-11-12(17)6-5-9-14(11)20-16-19-13-7-3-4-8-15(13)21-16/h3-9,18H,2,10H2,1H3. The number of fused-ring (bicyclic) bond motifs is 1. The van der Waals surface area contributed by atoms with Crippen LogP contribution in [0.2, 0.25) is 0 Å². The molecule has 0 radical (unpaired) electrons. The van der Waals surface area contributed by atoms with Gasteiger partial charge in [0.15, 0.2) is 4.34 Å². The van der Waals surface area contributed by atoms with Gasteiger partial charge in [0, 0.05) is 17.0 Å². The molecule has 0 bridgehead atoms. The van der Waals surface area contributed by atoms with Gasteiger partial charge in [0.2, 0.25) is 0 Å². The van der Waals surface area contributed by atoms with Gasteiger partial charge >= 0.3 is 0 Å². The minimum absolute atomic E-state index is 0.165. The van der Waals surface area contributed by atoms with Crippen molar-refractivity contribution < 1.29 is 4.39 Å². The fourth-order valence-electron chi connectivity index (χ4n) is 2.04. The molecule has 108 valence electrons. The molecule has 0 unspecified atom stereocenters. The Hall–Kier alpha value is -1.43. The zero-order valence-electron chi connectivity index (χ0n) is 11.6. The molecule has 5 heteroatoms. The Morgan fingerprint density at radius 2 is 2.05 bits per heavy atom. The van der Waals surface area contributed by atoms with Crippen molar-refractivity contribution >= 4 is 33.3 Å². The number of nitrogens with one attached hydrogen (secondary N) is 1. The molecular weight excluding hydrogens is 303 g/mol. The first-order valence-electron chi connectivity index (χ1n) is 6.79. The van der Waals surface area contributed by atoms with Gasteiger partial charge in [-0.2, -0.15) is 0 Å². The quantitative estimate of drug-likeness (QED) is 0.738. The van der Waals surface area contributed by atoms with E-state index in [1.54, 1.807) is 17.4 Å². The third kappa shape index (κ3) is 3.26. The molecule has 3 rings (SSSR count). The molecule has 2 aromatic carbocycles. The van der Waals surface area contributed by atoms with E-state index in [-0.39, 0.29) is 5.82 Å². The van der Waals surface area contributed by atoms with Crippen molar-refractivity contribution in [3.05, 3.63) is 53.8 Å². The van der Waals surface area contributed by atoms with Gasteiger partial charge in [-0.15, -0.1) is 11.3 Å². The molecule has 0 aliphatic carbocycles. The first-order chi connectivity index (χ1) is 10.3. The number of hydrogen-bond acceptors (Lipinski definition) is 4. The van der Waals surface area contributed by atoms with Crippen LogP contribution in [0.4, 0.5) is 4.39 Å². The van der Waals surface area contributed by atoms with Gasteiger partial charge in [0.1, 0.15) is 5.82 Å². The lowest BCUT2D eigenvalue weighted by molar-refractivity contribution is 0.586. The molecule has 1 aromatic heterocycles. The topological polar surface area (TPSA) is 24.9 Å². The van der Waals surface area contributed by atoms with E-state index in [4.69, 9.17) is 0 Å². The molecule has 0 aliphatic heterocycles. The van der Waals surface area contributed by atoms with E-state index in [1.807, 2.05) is 31.2 Å². The highest BCUT2D eigenvalue weighted by Gasteiger charge is 2.12. The van der Waals surface area contributed by atoms with Gasteiger partial charge in [-0.3, -0.25) is 0 Å². The summed E-state index contributed by atoms with van der Waals surface area (Å²) in [5.74, 6) is -0.165. The molecule has 0 aliphatic rings. The number of halogens is 1. The van der Waals surface area contributed by atoms with E-state index < -0.39 is 0 Å². The van der Waals surface area contributed by atoms with Crippen molar-refractivity contribution in [3.8, 4) is 0 Å². The summed E-state index contributed by atoms with van der Waals surface area (Å²) in [6.07, 6.45) is 0. The largest absolute Gasteiger partial charge is 0.313 e. The molecule has 1 heterocycles. The van der Waals surface area contributed by atoms with Crippen LogP contribution in [0.5, 0.6) is 0 Å². The molecule has 1 N–H and O–H groups in total. The van der Waals surface area contributed by atoms with E-state index >= 15 is 0 Å². The van der Waals surface area contributed by atoms with Crippen molar-refractivity contribution in [1.29, 1.82) is 0 Å². The molecular formula is C16H15FN2S2. The van der Waals surface area contributed by atoms with Crippen LogP contribution in [0, 0.1) is 5.82 Å². The number of para-hydroxylation sites is 1. The van der Waals surface area contributed by atoms with E-state index in [2.05, 4.69) is 16.4 Å². The minimum atomic E-state index is -0.165. The van der Waals surface area contributed by atoms with Crippen molar-refractivity contribution in [1.82, 2.24) is 10.3 Å². The number of thiazole rings is 1. The van der Waals surface area contributed by atoms with Crippen LogP contribution in [0.3, 0.4) is 0 Å². The van der Waals surface area contributed by atoms with Crippen LogP contribution in [-0.2, 0) is 6.54 Å². The number of aromatic nitrogens is 1. The molecule has 3 aromatic rings. The third-order valence-corrected chi connectivity index (χ3v) is 5.30. The normalized spacial score (nSPS) is 11.1. The number of benzene rings is 2. The summed E-state index contributed by atoms with van der Waals surface area (Å²) in [6.45, 7) is 3.37. The van der Waals surface area contributed by atoms with E-state index in [1.165, 1.54) is 17.8 Å². The predicted molar refractivity (Wildman–Crippen MR) is 87.5 cm³/mol. The summed E-state index contributed by atoms with van der Waals surface area (Å²) in [6, 6.07) is 13.3. The lowest BCUT2D eigenvalue weighted by Crippen LogP contribution is -2.13. The van der Waals surface area contributed by atoms with Crippen LogP contribution < -0.4 is 5.32 Å². The van der Waals surface area contributed by atoms with Gasteiger partial charge in [0.05, 0.1) is 10.2 Å². The van der Waals surface area contributed by atoms with Crippen molar-refractivity contribution in [2.75, 3.05) is 6.54 Å². The summed E-state index contributed by atoms with van der Waals surface area (Å²) >= 11 is 3.17. The summed E-state index contributed by atoms with van der Waals surface area (Å²) in [5, 5.41) is 3.19. The summed E-state index contributed by atoms with van der Waals surface area (Å²) in [4.78, 5) is 5.52. The summed E-state index contributed by atoms with van der Waals surface area (Å²) < 4.78 is 16.1. The van der Waals surface area contributed by atoms with Crippen molar-refractivity contribution in [2.45, 2.75) is 22.7 Å². The molecule has 0 amide bonds. The molecule has 2 nitrogen and oxygen atoms in total. The summed E-state index contributed by atoms with van der Waals surface area (Å²) in [7, 11) is 0. The highest BCUT2D eigenvalue weighted by molar-refractivity contribution is 8.01. The lowest BCUT2D eigenvalue weighted by atomic mass is 10.2. The second-order valence-electron chi connectivity index (χ2n) is 4.55. The molecule has 21 heavy (non-hydrogen) atoms. The van der Waals surface area contributed by atoms with Gasteiger partial charge in [0.25, 0.3) is 0 Å². The van der Waals surface area contributed by atoms with Gasteiger partial charge < -0.3 is 5.32 Å². The van der Waals surface area contributed by atoms with Crippen LogP contribution in [0.25, 0.3) is 10.2 Å². The molecule has 0 spiro atoms. The van der Waals surface area contributed by atoms with Gasteiger partial charge in [-0.25, -0.2) is 9.37 Å². The average molecular weight is 318 g/mol. The SMILES string of the molecule is CCNCc1c(F)cccc1Sc1nc2ccccc2s1. The maximum atomic E-state index is 14.0. The smallest absolute Gasteiger partial charge is 0.155 e. The van der Waals surface area contributed by atoms with Crippen LogP contribution in [0.15, 0.2) is 51.7 Å². The molecule has 0 fully saturated rings. The Kier molecular flexibility index (Phi) is 4.53. The predicted octanol–water partition coefficient (Wildman–Crippen LogP) is 4.70. The third-order valence-electron chi connectivity index (χ3n) is 3.10. The fourth-order valence-corrected chi connectivity index (χ4v) is 4.22. The highest BCUT2D eigenvalue weighted by atomic mass is 32.2.